The molecule has 1 aliphatic rings. The summed E-state index contributed by atoms with van der Waals surface area (Å²) in [5.41, 5.74) is 7.59. The van der Waals surface area contributed by atoms with E-state index in [2.05, 4.69) is 18.8 Å². The molecule has 1 amide bonds. The molecule has 1 atom stereocenters. The van der Waals surface area contributed by atoms with E-state index in [1.807, 2.05) is 6.92 Å². The lowest BCUT2D eigenvalue weighted by Crippen LogP contribution is -2.43. The highest BCUT2D eigenvalue weighted by Gasteiger charge is 2.31. The number of hydrogen-bond acceptors (Lipinski definition) is 5. The van der Waals surface area contributed by atoms with Gasteiger partial charge in [-0.1, -0.05) is 48.7 Å². The molecule has 0 bridgehead atoms. The molecule has 1 aromatic heterocycles. The molecule has 0 fully saturated rings. The zero-order valence-corrected chi connectivity index (χ0v) is 19.9. The Kier molecular flexibility index (Phi) is 6.81. The number of aromatic nitrogens is 1. The standard InChI is InChI=1S/C21H24Cl3N3O4/c1-10(2)7-21(3,25)9-31-13-6-5-11-12(15(13)22)8-30-17-14(11)16(23)19(26-18(17)24)27(4)20(28)29/h5-6,10H,7-9,25H2,1-4H3,(H,28,29)/t21-/m0/s1. The Morgan fingerprint density at radius 3 is 2.65 bits per heavy atom. The summed E-state index contributed by atoms with van der Waals surface area (Å²) >= 11 is 19.4. The molecule has 0 saturated carbocycles. The Morgan fingerprint density at radius 1 is 1.35 bits per heavy atom. The summed E-state index contributed by atoms with van der Waals surface area (Å²) in [6.45, 7) is 6.58. The summed E-state index contributed by atoms with van der Waals surface area (Å²) in [6, 6.07) is 3.52. The molecule has 7 nitrogen and oxygen atoms in total. The Labute approximate surface area is 196 Å². The van der Waals surface area contributed by atoms with Crippen molar-refractivity contribution in [2.45, 2.75) is 39.3 Å². The molecule has 0 saturated heterocycles. The van der Waals surface area contributed by atoms with Gasteiger partial charge in [-0.15, -0.1) is 0 Å². The number of anilines is 1. The third-order valence-corrected chi connectivity index (χ3v) is 5.94. The number of fused-ring (bicyclic) bond motifs is 3. The second-order valence-corrected chi connectivity index (χ2v) is 9.43. The quantitative estimate of drug-likeness (QED) is 0.494. The van der Waals surface area contributed by atoms with Crippen molar-refractivity contribution in [3.8, 4) is 22.6 Å². The lowest BCUT2D eigenvalue weighted by atomic mass is 9.93. The average Bonchev–Trinajstić information content (AvgIpc) is 2.68. The zero-order valence-electron chi connectivity index (χ0n) is 17.6. The minimum absolute atomic E-state index is 0.00148. The summed E-state index contributed by atoms with van der Waals surface area (Å²) in [4.78, 5) is 16.4. The number of rotatable bonds is 6. The van der Waals surface area contributed by atoms with Crippen LogP contribution in [0.4, 0.5) is 10.6 Å². The first-order valence-electron chi connectivity index (χ1n) is 9.64. The number of pyridine rings is 1. The van der Waals surface area contributed by atoms with Crippen LogP contribution in [0.3, 0.4) is 0 Å². The molecule has 1 aromatic carbocycles. The minimum atomic E-state index is -1.23. The van der Waals surface area contributed by atoms with Crippen molar-refractivity contribution < 1.29 is 19.4 Å². The van der Waals surface area contributed by atoms with Crippen LogP contribution in [0.5, 0.6) is 11.5 Å². The number of carboxylic acid groups (broad SMARTS) is 1. The molecular weight excluding hydrogens is 465 g/mol. The predicted molar refractivity (Wildman–Crippen MR) is 123 cm³/mol. The number of halogens is 3. The highest BCUT2D eigenvalue weighted by atomic mass is 35.5. The van der Waals surface area contributed by atoms with Gasteiger partial charge in [-0.25, -0.2) is 9.78 Å². The van der Waals surface area contributed by atoms with Crippen molar-refractivity contribution in [2.75, 3.05) is 18.6 Å². The Balaban J connectivity index is 2.01. The molecule has 3 rings (SSSR count). The number of nitrogens with zero attached hydrogens (tertiary/aromatic N) is 2. The summed E-state index contributed by atoms with van der Waals surface area (Å²) in [6.07, 6.45) is -0.428. The van der Waals surface area contributed by atoms with Crippen LogP contribution in [0.1, 0.15) is 32.8 Å². The number of ether oxygens (including phenoxy) is 2. The molecule has 0 aliphatic carbocycles. The van der Waals surface area contributed by atoms with Gasteiger partial charge >= 0.3 is 6.09 Å². The molecule has 3 N–H and O–H groups in total. The third-order valence-electron chi connectivity index (χ3n) is 4.91. The molecule has 168 valence electrons. The van der Waals surface area contributed by atoms with Crippen LogP contribution in [0.15, 0.2) is 12.1 Å². The lowest BCUT2D eigenvalue weighted by molar-refractivity contribution is 0.203. The summed E-state index contributed by atoms with van der Waals surface area (Å²) < 4.78 is 11.7. The average molecular weight is 489 g/mol. The van der Waals surface area contributed by atoms with Gasteiger partial charge in [-0.05, 0) is 37.0 Å². The number of amides is 1. The van der Waals surface area contributed by atoms with Crippen LogP contribution in [-0.4, -0.2) is 35.4 Å². The molecule has 31 heavy (non-hydrogen) atoms. The molecule has 2 aromatic rings. The lowest BCUT2D eigenvalue weighted by Gasteiger charge is -2.28. The van der Waals surface area contributed by atoms with E-state index in [9.17, 15) is 9.90 Å². The van der Waals surface area contributed by atoms with Gasteiger partial charge in [0.15, 0.2) is 16.7 Å². The van der Waals surface area contributed by atoms with Gasteiger partial charge in [0, 0.05) is 23.7 Å². The van der Waals surface area contributed by atoms with Crippen LogP contribution in [0.2, 0.25) is 15.2 Å². The van der Waals surface area contributed by atoms with Crippen LogP contribution < -0.4 is 20.1 Å². The van der Waals surface area contributed by atoms with Crippen molar-refractivity contribution >= 4 is 46.7 Å². The molecular formula is C21H24Cl3N3O4. The first-order chi connectivity index (χ1) is 14.4. The van der Waals surface area contributed by atoms with Crippen molar-refractivity contribution in [2.24, 2.45) is 11.7 Å². The van der Waals surface area contributed by atoms with Gasteiger partial charge in [0.1, 0.15) is 19.0 Å². The van der Waals surface area contributed by atoms with Crippen LogP contribution in [-0.2, 0) is 6.61 Å². The van der Waals surface area contributed by atoms with Crippen LogP contribution >= 0.6 is 34.8 Å². The highest BCUT2D eigenvalue weighted by Crippen LogP contribution is 2.50. The van der Waals surface area contributed by atoms with E-state index in [4.69, 9.17) is 50.0 Å². The Bertz CT molecular complexity index is 1030. The van der Waals surface area contributed by atoms with Gasteiger partial charge < -0.3 is 20.3 Å². The molecule has 2 heterocycles. The Morgan fingerprint density at radius 2 is 2.03 bits per heavy atom. The van der Waals surface area contributed by atoms with E-state index < -0.39 is 11.6 Å². The summed E-state index contributed by atoms with van der Waals surface area (Å²) in [5.74, 6) is 1.18. The van der Waals surface area contributed by atoms with E-state index in [1.165, 1.54) is 7.05 Å². The molecule has 0 spiro atoms. The SMILES string of the molecule is CC(C)C[C@](C)(N)COc1ccc2c(c1Cl)COc1c(Cl)nc(N(C)C(=O)O)c(Cl)c1-2. The van der Waals surface area contributed by atoms with E-state index in [0.717, 1.165) is 11.3 Å². The van der Waals surface area contributed by atoms with E-state index in [-0.39, 0.29) is 28.3 Å². The van der Waals surface area contributed by atoms with E-state index in [1.54, 1.807) is 12.1 Å². The van der Waals surface area contributed by atoms with Gasteiger partial charge in [0.2, 0.25) is 0 Å². The van der Waals surface area contributed by atoms with E-state index in [0.29, 0.717) is 40.0 Å². The van der Waals surface area contributed by atoms with Crippen molar-refractivity contribution in [3.63, 3.8) is 0 Å². The monoisotopic (exact) mass is 487 g/mol. The third kappa shape index (κ3) is 4.80. The smallest absolute Gasteiger partial charge is 0.412 e. The van der Waals surface area contributed by atoms with Gasteiger partial charge in [-0.3, -0.25) is 4.90 Å². The van der Waals surface area contributed by atoms with Crippen molar-refractivity contribution in [1.29, 1.82) is 0 Å². The number of nitrogens with two attached hydrogens (primary N) is 1. The fourth-order valence-corrected chi connectivity index (χ4v) is 4.52. The Hall–Kier alpha value is -1.93. The molecule has 0 radical (unpaired) electrons. The van der Waals surface area contributed by atoms with Crippen molar-refractivity contribution in [1.82, 2.24) is 4.98 Å². The van der Waals surface area contributed by atoms with Gasteiger partial charge in [0.05, 0.1) is 10.0 Å². The minimum Gasteiger partial charge on any atom is -0.490 e. The zero-order chi connectivity index (χ0) is 23.1. The maximum Gasteiger partial charge on any atom is 0.412 e. The first kappa shape index (κ1) is 23.7. The second-order valence-electron chi connectivity index (χ2n) is 8.32. The molecule has 10 heteroatoms. The van der Waals surface area contributed by atoms with Gasteiger partial charge in [-0.2, -0.15) is 0 Å². The number of hydrogen-bond donors (Lipinski definition) is 2. The number of carbonyl (C=O) groups is 1. The normalized spacial score (nSPS) is 14.4. The molecule has 1 aliphatic heterocycles. The van der Waals surface area contributed by atoms with Crippen LogP contribution in [0, 0.1) is 5.92 Å². The van der Waals surface area contributed by atoms with E-state index >= 15 is 0 Å². The summed E-state index contributed by atoms with van der Waals surface area (Å²) in [7, 11) is 1.33. The first-order valence-corrected chi connectivity index (χ1v) is 10.8. The maximum atomic E-state index is 11.4. The fraction of sp³-hybridized carbons (Fsp3) is 0.429. The van der Waals surface area contributed by atoms with Crippen molar-refractivity contribution in [3.05, 3.63) is 32.9 Å². The van der Waals surface area contributed by atoms with Crippen LogP contribution in [0.25, 0.3) is 11.1 Å². The second kappa shape index (κ2) is 8.90. The topological polar surface area (TPSA) is 97.9 Å². The fourth-order valence-electron chi connectivity index (χ4n) is 3.66. The highest BCUT2D eigenvalue weighted by molar-refractivity contribution is 6.39. The number of benzene rings is 1. The summed E-state index contributed by atoms with van der Waals surface area (Å²) in [5, 5.41) is 9.80. The largest absolute Gasteiger partial charge is 0.490 e. The predicted octanol–water partition coefficient (Wildman–Crippen LogP) is 5.86. The maximum absolute atomic E-state index is 11.4. The van der Waals surface area contributed by atoms with Gasteiger partial charge in [0.25, 0.3) is 0 Å². The molecule has 0 unspecified atom stereocenters.